The highest BCUT2D eigenvalue weighted by molar-refractivity contribution is 7.89. The summed E-state index contributed by atoms with van der Waals surface area (Å²) in [6.07, 6.45) is 8.69. The van der Waals surface area contributed by atoms with Crippen molar-refractivity contribution >= 4 is 15.9 Å². The number of amides is 1. The summed E-state index contributed by atoms with van der Waals surface area (Å²) in [5.74, 6) is 0.580. The Balaban J connectivity index is 1.22. The van der Waals surface area contributed by atoms with Crippen molar-refractivity contribution in [3.05, 3.63) is 47.3 Å². The molecule has 3 atom stereocenters. The van der Waals surface area contributed by atoms with E-state index in [0.717, 1.165) is 38.0 Å². The molecule has 1 unspecified atom stereocenters. The Morgan fingerprint density at radius 2 is 1.68 bits per heavy atom. The zero-order valence-corrected chi connectivity index (χ0v) is 28.2. The Labute approximate surface area is 263 Å². The lowest BCUT2D eigenvalue weighted by molar-refractivity contribution is -0.138. The first-order chi connectivity index (χ1) is 21.0. The summed E-state index contributed by atoms with van der Waals surface area (Å²) in [6.45, 7) is 6.77. The Morgan fingerprint density at radius 3 is 2.34 bits per heavy atom. The minimum absolute atomic E-state index is 0.0515. The van der Waals surface area contributed by atoms with Gasteiger partial charge in [0.2, 0.25) is 15.9 Å². The minimum atomic E-state index is -3.85. The van der Waals surface area contributed by atoms with Crippen LogP contribution in [0.1, 0.15) is 61.4 Å². The van der Waals surface area contributed by atoms with Crippen LogP contribution in [0.3, 0.4) is 0 Å². The van der Waals surface area contributed by atoms with Gasteiger partial charge in [-0.25, -0.2) is 8.42 Å². The second-order valence-corrected chi connectivity index (χ2v) is 14.9. The molecule has 1 saturated carbocycles. The number of fused-ring (bicyclic) bond motifs is 1. The molecule has 244 valence electrons. The Kier molecular flexibility index (Phi) is 10.4. The molecular formula is C33H51N5O5S. The third-order valence-electron chi connectivity index (χ3n) is 10.2. The van der Waals surface area contributed by atoms with E-state index < -0.39 is 16.1 Å². The molecule has 3 aliphatic rings. The zero-order chi connectivity index (χ0) is 31.6. The summed E-state index contributed by atoms with van der Waals surface area (Å²) in [5.41, 5.74) is 2.16. The quantitative estimate of drug-likeness (QED) is 0.397. The maximum Gasteiger partial charge on any atom is 0.248 e. The van der Waals surface area contributed by atoms with Crippen LogP contribution in [0.25, 0.3) is 0 Å². The van der Waals surface area contributed by atoms with Crippen LogP contribution >= 0.6 is 0 Å². The van der Waals surface area contributed by atoms with Crippen molar-refractivity contribution in [3.8, 4) is 5.75 Å². The van der Waals surface area contributed by atoms with Gasteiger partial charge in [-0.1, -0.05) is 0 Å². The highest BCUT2D eigenvalue weighted by Crippen LogP contribution is 2.36. The molecule has 5 rings (SSSR count). The van der Waals surface area contributed by atoms with Gasteiger partial charge in [0.05, 0.1) is 24.7 Å². The smallest absolute Gasteiger partial charge is 0.248 e. The fourth-order valence-corrected chi connectivity index (χ4v) is 9.60. The molecule has 2 aromatic rings. The maximum atomic E-state index is 14.1. The number of sulfonamides is 1. The van der Waals surface area contributed by atoms with Crippen LogP contribution in [-0.2, 0) is 26.1 Å². The zero-order valence-electron chi connectivity index (χ0n) is 27.4. The fourth-order valence-electron chi connectivity index (χ4n) is 7.60. The molecule has 10 nitrogen and oxygen atoms in total. The standard InChI is InChI=1S/C33H51N5O5S/c1-24-19-29(42-6)20-25(2)33(24)44(40,41)38-18-17-37-14-8-11-30(37)31(38)22-43-23-32(39)35(5)27-9-7-10-28(21-27)36-15-12-26(13-16-36)34(3)4/h8,11,14,19-20,26-28,31H,7,9-10,12-13,15-18,21-23H2,1-6H3/t27-,28+,31?/m1/s1. The molecule has 1 amide bonds. The number of benzene rings is 1. The van der Waals surface area contributed by atoms with E-state index >= 15 is 0 Å². The van der Waals surface area contributed by atoms with Crippen LogP contribution in [-0.4, -0.2) is 117 Å². The molecule has 1 aromatic heterocycles. The van der Waals surface area contributed by atoms with Crippen LogP contribution in [0.2, 0.25) is 0 Å². The fraction of sp³-hybridized carbons (Fsp3) is 0.667. The lowest BCUT2D eigenvalue weighted by Crippen LogP contribution is -2.51. The second kappa shape index (κ2) is 13.9. The number of nitrogens with zero attached hydrogens (tertiary/aromatic N) is 5. The van der Waals surface area contributed by atoms with Crippen molar-refractivity contribution in [2.75, 3.05) is 61.1 Å². The van der Waals surface area contributed by atoms with Gasteiger partial charge in [0.15, 0.2) is 0 Å². The number of aryl methyl sites for hydroxylation is 2. The van der Waals surface area contributed by atoms with Crippen molar-refractivity contribution in [3.63, 3.8) is 0 Å². The molecule has 2 fully saturated rings. The van der Waals surface area contributed by atoms with E-state index in [-0.39, 0.29) is 25.2 Å². The predicted molar refractivity (Wildman–Crippen MR) is 171 cm³/mol. The van der Waals surface area contributed by atoms with E-state index in [1.807, 2.05) is 30.3 Å². The molecular weight excluding hydrogens is 578 g/mol. The topological polar surface area (TPSA) is 87.6 Å². The van der Waals surface area contributed by atoms with E-state index in [1.165, 1.54) is 19.3 Å². The molecule has 0 bridgehead atoms. The van der Waals surface area contributed by atoms with Gasteiger partial charge >= 0.3 is 0 Å². The number of rotatable bonds is 10. The number of aromatic nitrogens is 1. The van der Waals surface area contributed by atoms with Gasteiger partial charge in [-0.2, -0.15) is 4.31 Å². The largest absolute Gasteiger partial charge is 0.497 e. The number of likely N-dealkylation sites (N-methyl/N-ethyl adjacent to an activating group) is 1. The minimum Gasteiger partial charge on any atom is -0.497 e. The van der Waals surface area contributed by atoms with Crippen molar-refractivity contribution in [2.45, 2.75) is 88.0 Å². The SMILES string of the molecule is COc1cc(C)c(S(=O)(=O)N2CCn3cccc3C2COCC(=O)N(C)[C@@H]2CCC[C@H](N3CCC(N(C)C)CC3)C2)c(C)c1. The molecule has 1 aliphatic carbocycles. The molecule has 2 aliphatic heterocycles. The number of carbonyl (C=O) groups excluding carboxylic acids is 1. The van der Waals surface area contributed by atoms with Crippen molar-refractivity contribution in [1.82, 2.24) is 23.6 Å². The third-order valence-corrected chi connectivity index (χ3v) is 12.4. The molecule has 11 heteroatoms. The first kappa shape index (κ1) is 32.9. The Bertz CT molecular complexity index is 1380. The Hall–Kier alpha value is -2.44. The van der Waals surface area contributed by atoms with E-state index in [1.54, 1.807) is 37.4 Å². The number of piperidine rings is 1. The van der Waals surface area contributed by atoms with Crippen molar-refractivity contribution < 1.29 is 22.7 Å². The van der Waals surface area contributed by atoms with Gasteiger partial charge in [-0.3, -0.25) is 4.79 Å². The number of ether oxygens (including phenoxy) is 2. The van der Waals surface area contributed by atoms with Crippen LogP contribution in [0.5, 0.6) is 5.75 Å². The van der Waals surface area contributed by atoms with Crippen LogP contribution in [0.15, 0.2) is 35.4 Å². The summed E-state index contributed by atoms with van der Waals surface area (Å²) in [5, 5.41) is 0. The third kappa shape index (κ3) is 6.87. The monoisotopic (exact) mass is 629 g/mol. The number of methoxy groups -OCH3 is 1. The van der Waals surface area contributed by atoms with E-state index in [2.05, 4.69) is 28.5 Å². The summed E-state index contributed by atoms with van der Waals surface area (Å²) >= 11 is 0. The molecule has 0 N–H and O–H groups in total. The molecule has 3 heterocycles. The second-order valence-electron chi connectivity index (χ2n) is 13.1. The molecule has 0 spiro atoms. The first-order valence-corrected chi connectivity index (χ1v) is 17.5. The van der Waals surface area contributed by atoms with Gasteiger partial charge in [0.25, 0.3) is 0 Å². The van der Waals surface area contributed by atoms with Gasteiger partial charge in [-0.05, 0) is 115 Å². The van der Waals surface area contributed by atoms with Gasteiger partial charge in [0.1, 0.15) is 12.4 Å². The number of hydrogen-bond acceptors (Lipinski definition) is 7. The van der Waals surface area contributed by atoms with E-state index in [9.17, 15) is 13.2 Å². The lowest BCUT2D eigenvalue weighted by atomic mass is 9.87. The highest BCUT2D eigenvalue weighted by Gasteiger charge is 2.39. The predicted octanol–water partition coefficient (Wildman–Crippen LogP) is 3.67. The molecule has 44 heavy (non-hydrogen) atoms. The summed E-state index contributed by atoms with van der Waals surface area (Å²) < 4.78 is 43.3. The Morgan fingerprint density at radius 1 is 0.977 bits per heavy atom. The molecule has 1 saturated heterocycles. The number of hydrogen-bond donors (Lipinski definition) is 0. The molecule has 1 aromatic carbocycles. The van der Waals surface area contributed by atoms with E-state index in [4.69, 9.17) is 9.47 Å². The highest BCUT2D eigenvalue weighted by atomic mass is 32.2. The lowest BCUT2D eigenvalue weighted by Gasteiger charge is -2.44. The van der Waals surface area contributed by atoms with Gasteiger partial charge in [-0.15, -0.1) is 0 Å². The van der Waals surface area contributed by atoms with Crippen LogP contribution in [0.4, 0.5) is 0 Å². The number of carbonyl (C=O) groups is 1. The normalized spacial score (nSPS) is 23.9. The summed E-state index contributed by atoms with van der Waals surface area (Å²) in [7, 11) is 3.97. The van der Waals surface area contributed by atoms with Gasteiger partial charge < -0.3 is 28.7 Å². The maximum absolute atomic E-state index is 14.1. The summed E-state index contributed by atoms with van der Waals surface area (Å²) in [4.78, 5) is 20.5. The van der Waals surface area contributed by atoms with Crippen molar-refractivity contribution in [1.29, 1.82) is 0 Å². The van der Waals surface area contributed by atoms with E-state index in [0.29, 0.717) is 46.9 Å². The summed E-state index contributed by atoms with van der Waals surface area (Å²) in [6, 6.07) is 8.24. The van der Waals surface area contributed by atoms with Crippen LogP contribution < -0.4 is 4.74 Å². The number of likely N-dealkylation sites (tertiary alicyclic amines) is 1. The average molecular weight is 630 g/mol. The first-order valence-electron chi connectivity index (χ1n) is 16.1. The molecule has 0 radical (unpaired) electrons. The average Bonchev–Trinajstić information content (AvgIpc) is 3.49. The van der Waals surface area contributed by atoms with Crippen LogP contribution in [0, 0.1) is 13.8 Å². The van der Waals surface area contributed by atoms with Gasteiger partial charge in [0, 0.05) is 50.2 Å². The van der Waals surface area contributed by atoms with Crippen molar-refractivity contribution in [2.24, 2.45) is 0 Å².